The second kappa shape index (κ2) is 5.53. The lowest BCUT2D eigenvalue weighted by atomic mass is 10.0. The molecule has 3 rings (SSSR count). The molecule has 4 heteroatoms. The highest BCUT2D eigenvalue weighted by molar-refractivity contribution is 5.35. The average Bonchev–Trinajstić information content (AvgIpc) is 2.84. The first-order chi connectivity index (χ1) is 10.0. The van der Waals surface area contributed by atoms with Gasteiger partial charge in [0.25, 0.3) is 0 Å². The van der Waals surface area contributed by atoms with Crippen molar-refractivity contribution in [2.75, 3.05) is 0 Å². The van der Waals surface area contributed by atoms with Gasteiger partial charge in [0.1, 0.15) is 5.82 Å². The minimum Gasteiger partial charge on any atom is -0.303 e. The first-order valence-electron chi connectivity index (χ1n) is 7.04. The monoisotopic (exact) mass is 291 g/mol. The van der Waals surface area contributed by atoms with Gasteiger partial charge in [-0.25, -0.2) is 13.2 Å². The molecule has 1 aliphatic carbocycles. The van der Waals surface area contributed by atoms with Crippen LogP contribution in [0.1, 0.15) is 42.1 Å². The van der Waals surface area contributed by atoms with Gasteiger partial charge >= 0.3 is 0 Å². The third-order valence-electron chi connectivity index (χ3n) is 4.08. The molecule has 1 nitrogen and oxygen atoms in total. The Morgan fingerprint density at radius 1 is 1.05 bits per heavy atom. The molecule has 0 radical (unpaired) electrons. The summed E-state index contributed by atoms with van der Waals surface area (Å²) in [6.45, 7) is 1.91. The Kier molecular flexibility index (Phi) is 3.72. The first kappa shape index (κ1) is 14.1. The molecule has 110 valence electrons. The zero-order valence-corrected chi connectivity index (χ0v) is 11.7. The number of aryl methyl sites for hydroxylation is 1. The minimum atomic E-state index is -0.840. The van der Waals surface area contributed by atoms with Crippen molar-refractivity contribution in [1.29, 1.82) is 0 Å². The van der Waals surface area contributed by atoms with Gasteiger partial charge in [-0.1, -0.05) is 12.1 Å². The van der Waals surface area contributed by atoms with E-state index in [1.165, 1.54) is 12.1 Å². The van der Waals surface area contributed by atoms with Crippen molar-refractivity contribution in [2.45, 2.75) is 31.8 Å². The summed E-state index contributed by atoms with van der Waals surface area (Å²) in [5.41, 5.74) is 2.81. The molecule has 0 heterocycles. The van der Waals surface area contributed by atoms with Crippen LogP contribution in [0, 0.1) is 17.5 Å². The molecule has 21 heavy (non-hydrogen) atoms. The van der Waals surface area contributed by atoms with Crippen LogP contribution in [-0.2, 0) is 6.42 Å². The minimum absolute atomic E-state index is 0.110. The molecule has 0 bridgehead atoms. The summed E-state index contributed by atoms with van der Waals surface area (Å²) in [6.07, 6.45) is 1.71. The Bertz CT molecular complexity index is 669. The maximum Gasteiger partial charge on any atom is 0.159 e. The van der Waals surface area contributed by atoms with Crippen LogP contribution in [0.25, 0.3) is 0 Å². The summed E-state index contributed by atoms with van der Waals surface area (Å²) < 4.78 is 39.5. The molecule has 0 fully saturated rings. The SMILES string of the molecule is CC(NC1CCc2cc(F)ccc21)c1ccc(F)c(F)c1. The van der Waals surface area contributed by atoms with Gasteiger partial charge in [-0.15, -0.1) is 0 Å². The summed E-state index contributed by atoms with van der Waals surface area (Å²) >= 11 is 0. The third-order valence-corrected chi connectivity index (χ3v) is 4.08. The molecule has 1 aliphatic rings. The fraction of sp³-hybridized carbons (Fsp3) is 0.294. The molecule has 1 N–H and O–H groups in total. The van der Waals surface area contributed by atoms with E-state index in [-0.39, 0.29) is 17.9 Å². The van der Waals surface area contributed by atoms with Gasteiger partial charge in [-0.3, -0.25) is 0 Å². The van der Waals surface area contributed by atoms with Crippen molar-refractivity contribution in [3.8, 4) is 0 Å². The van der Waals surface area contributed by atoms with Crippen LogP contribution < -0.4 is 5.32 Å². The van der Waals surface area contributed by atoms with Gasteiger partial charge in [0.2, 0.25) is 0 Å². The fourth-order valence-corrected chi connectivity index (χ4v) is 2.94. The topological polar surface area (TPSA) is 12.0 Å². The molecule has 0 spiro atoms. The second-order valence-corrected chi connectivity index (χ2v) is 5.50. The number of halogens is 3. The molecular weight excluding hydrogens is 275 g/mol. The molecule has 2 aromatic rings. The van der Waals surface area contributed by atoms with Crippen molar-refractivity contribution in [3.63, 3.8) is 0 Å². The number of rotatable bonds is 3. The van der Waals surface area contributed by atoms with E-state index in [0.29, 0.717) is 5.56 Å². The average molecular weight is 291 g/mol. The van der Waals surface area contributed by atoms with Crippen molar-refractivity contribution >= 4 is 0 Å². The van der Waals surface area contributed by atoms with Crippen molar-refractivity contribution in [1.82, 2.24) is 5.32 Å². The maximum absolute atomic E-state index is 13.3. The predicted octanol–water partition coefficient (Wildman–Crippen LogP) is 4.44. The highest BCUT2D eigenvalue weighted by Gasteiger charge is 2.24. The van der Waals surface area contributed by atoms with Crippen molar-refractivity contribution in [2.24, 2.45) is 0 Å². The van der Waals surface area contributed by atoms with Crippen molar-refractivity contribution in [3.05, 3.63) is 70.5 Å². The van der Waals surface area contributed by atoms with Gasteiger partial charge in [0.15, 0.2) is 11.6 Å². The number of nitrogens with one attached hydrogen (secondary N) is 1. The zero-order chi connectivity index (χ0) is 15.0. The Labute approximate surface area is 121 Å². The van der Waals surface area contributed by atoms with E-state index in [9.17, 15) is 13.2 Å². The predicted molar refractivity (Wildman–Crippen MR) is 75.4 cm³/mol. The number of hydrogen-bond acceptors (Lipinski definition) is 1. The lowest BCUT2D eigenvalue weighted by Crippen LogP contribution is -2.23. The smallest absolute Gasteiger partial charge is 0.159 e. The van der Waals surface area contributed by atoms with Gasteiger partial charge in [0, 0.05) is 12.1 Å². The van der Waals surface area contributed by atoms with Gasteiger partial charge in [-0.2, -0.15) is 0 Å². The van der Waals surface area contributed by atoms with Crippen molar-refractivity contribution < 1.29 is 13.2 Å². The lowest BCUT2D eigenvalue weighted by molar-refractivity contribution is 0.458. The van der Waals surface area contributed by atoms with Crippen LogP contribution in [0.15, 0.2) is 36.4 Å². The largest absolute Gasteiger partial charge is 0.303 e. The van der Waals surface area contributed by atoms with E-state index in [4.69, 9.17) is 0 Å². The fourth-order valence-electron chi connectivity index (χ4n) is 2.94. The van der Waals surface area contributed by atoms with Gasteiger partial charge in [-0.05, 0) is 60.7 Å². The molecule has 0 saturated heterocycles. The molecule has 0 amide bonds. The van der Waals surface area contributed by atoms with E-state index >= 15 is 0 Å². The molecule has 0 aromatic heterocycles. The van der Waals surface area contributed by atoms with E-state index in [0.717, 1.165) is 30.0 Å². The van der Waals surface area contributed by atoms with Gasteiger partial charge < -0.3 is 5.32 Å². The number of fused-ring (bicyclic) bond motifs is 1. The van der Waals surface area contributed by atoms with E-state index < -0.39 is 11.6 Å². The van der Waals surface area contributed by atoms with Crippen LogP contribution in [-0.4, -0.2) is 0 Å². The molecular formula is C17H16F3N. The Morgan fingerprint density at radius 3 is 2.62 bits per heavy atom. The van der Waals surface area contributed by atoms with Crippen LogP contribution in [0.2, 0.25) is 0 Å². The molecule has 2 aromatic carbocycles. The highest BCUT2D eigenvalue weighted by atomic mass is 19.2. The molecule has 0 aliphatic heterocycles. The molecule has 2 unspecified atom stereocenters. The van der Waals surface area contributed by atoms with E-state index in [1.807, 2.05) is 6.92 Å². The Balaban J connectivity index is 1.77. The standard InChI is InChI=1S/C17H16F3N/c1-10(11-2-6-15(19)16(20)9-11)21-17-7-3-12-8-13(18)4-5-14(12)17/h2,4-6,8-10,17,21H,3,7H2,1H3. The molecule has 0 saturated carbocycles. The Hall–Kier alpha value is -1.81. The zero-order valence-electron chi connectivity index (χ0n) is 11.7. The summed E-state index contributed by atoms with van der Waals surface area (Å²) in [5.74, 6) is -1.90. The van der Waals surface area contributed by atoms with Crippen LogP contribution in [0.5, 0.6) is 0 Å². The third kappa shape index (κ3) is 2.81. The van der Waals surface area contributed by atoms with Crippen LogP contribution in [0.4, 0.5) is 13.2 Å². The second-order valence-electron chi connectivity index (χ2n) is 5.50. The lowest BCUT2D eigenvalue weighted by Gasteiger charge is -2.21. The summed E-state index contributed by atoms with van der Waals surface area (Å²) in [6, 6.07) is 8.77. The molecule has 2 atom stereocenters. The Morgan fingerprint density at radius 2 is 1.86 bits per heavy atom. The normalized spacial score (nSPS) is 18.6. The van der Waals surface area contributed by atoms with Gasteiger partial charge in [0.05, 0.1) is 0 Å². The highest BCUT2D eigenvalue weighted by Crippen LogP contribution is 2.33. The van der Waals surface area contributed by atoms with E-state index in [2.05, 4.69) is 5.32 Å². The summed E-state index contributed by atoms with van der Waals surface area (Å²) in [7, 11) is 0. The first-order valence-corrected chi connectivity index (χ1v) is 7.04. The number of benzene rings is 2. The summed E-state index contributed by atoms with van der Waals surface area (Å²) in [4.78, 5) is 0. The summed E-state index contributed by atoms with van der Waals surface area (Å²) in [5, 5.41) is 3.41. The van der Waals surface area contributed by atoms with E-state index in [1.54, 1.807) is 18.2 Å². The van der Waals surface area contributed by atoms with Crippen LogP contribution in [0.3, 0.4) is 0 Å². The number of hydrogen-bond donors (Lipinski definition) is 1. The quantitative estimate of drug-likeness (QED) is 0.881. The maximum atomic E-state index is 13.3. The van der Waals surface area contributed by atoms with Crippen LogP contribution >= 0.6 is 0 Å².